The molecule has 3 heterocycles. The van der Waals surface area contributed by atoms with Gasteiger partial charge in [-0.2, -0.15) is 0 Å². The molecular weight excluding hydrogens is 626 g/mol. The third-order valence-corrected chi connectivity index (χ3v) is 9.87. The van der Waals surface area contributed by atoms with E-state index in [9.17, 15) is 24.3 Å². The van der Waals surface area contributed by atoms with Gasteiger partial charge in [0.1, 0.15) is 17.7 Å². The lowest BCUT2D eigenvalue weighted by Gasteiger charge is -2.38. The Bertz CT molecular complexity index is 1500. The standard InChI is InChI=1S/C38H47N3O8/c1-5-7-18-30(43)39-28(24-47-4)33(27-16-12-9-13-17-27)48-37(46)31-29-19-20-38(49-29)32(31)35(44)41(25(3)23-42)34(38)36(45)40(21-6-2)22-26-14-10-8-11-15-26/h5-6,8-17,25,28-29,31-34,42H,1-2,7,18-24H2,3-4H3,(H,39,43)/t25-,28+,29+,31-,32-,33+,34+,38-/m1/s1. The number of hydrogen-bond donors (Lipinski definition) is 2. The lowest BCUT2D eigenvalue weighted by atomic mass is 9.70. The number of methoxy groups -OCH3 is 1. The summed E-state index contributed by atoms with van der Waals surface area (Å²) in [6, 6.07) is 16.1. The minimum absolute atomic E-state index is 0.0580. The van der Waals surface area contributed by atoms with Crippen molar-refractivity contribution in [3.8, 4) is 0 Å². The van der Waals surface area contributed by atoms with Crippen LogP contribution < -0.4 is 5.32 Å². The van der Waals surface area contributed by atoms with Crippen LogP contribution in [-0.2, 0) is 39.9 Å². The molecule has 0 aliphatic carbocycles. The fourth-order valence-corrected chi connectivity index (χ4v) is 7.69. The SMILES string of the molecule is C=CCCC(=O)N[C@@H](COC)[C@@H](OC(=O)[C@@H]1[C@@H]2CC[C@]3(O2)[C@H](C(=O)N(CC=C)Cc2ccccc2)N([C@H](C)CO)C(=O)[C@@H]13)c1ccccc1. The monoisotopic (exact) mass is 673 g/mol. The number of carbonyl (C=O) groups excluding carboxylic acids is 4. The van der Waals surface area contributed by atoms with Gasteiger partial charge in [0.25, 0.3) is 0 Å². The summed E-state index contributed by atoms with van der Waals surface area (Å²) in [4.78, 5) is 59.2. The smallest absolute Gasteiger partial charge is 0.313 e. The highest BCUT2D eigenvalue weighted by molar-refractivity contribution is 5.98. The zero-order valence-electron chi connectivity index (χ0n) is 28.2. The second-order valence-electron chi connectivity index (χ2n) is 13.1. The summed E-state index contributed by atoms with van der Waals surface area (Å²) >= 11 is 0. The Kier molecular flexibility index (Phi) is 11.7. The minimum Gasteiger partial charge on any atom is -0.455 e. The lowest BCUT2D eigenvalue weighted by molar-refractivity contribution is -0.163. The molecule has 2 bridgehead atoms. The maximum absolute atomic E-state index is 14.6. The maximum Gasteiger partial charge on any atom is 0.313 e. The number of ether oxygens (including phenoxy) is 3. The number of rotatable bonds is 17. The summed E-state index contributed by atoms with van der Waals surface area (Å²) in [7, 11) is 1.50. The van der Waals surface area contributed by atoms with Crippen LogP contribution in [0.5, 0.6) is 0 Å². The number of fused-ring (bicyclic) bond motifs is 1. The van der Waals surface area contributed by atoms with Gasteiger partial charge in [-0.05, 0) is 37.3 Å². The molecule has 262 valence electrons. The first kappa shape index (κ1) is 36.0. The summed E-state index contributed by atoms with van der Waals surface area (Å²) in [5.74, 6) is -3.66. The van der Waals surface area contributed by atoms with Gasteiger partial charge in [-0.15, -0.1) is 13.2 Å². The highest BCUT2D eigenvalue weighted by Gasteiger charge is 2.75. The van der Waals surface area contributed by atoms with Crippen LogP contribution in [0.2, 0.25) is 0 Å². The first-order valence-electron chi connectivity index (χ1n) is 16.9. The summed E-state index contributed by atoms with van der Waals surface area (Å²) in [5, 5.41) is 13.2. The van der Waals surface area contributed by atoms with Crippen molar-refractivity contribution in [2.45, 2.75) is 75.1 Å². The highest BCUT2D eigenvalue weighted by Crippen LogP contribution is 2.59. The van der Waals surface area contributed by atoms with E-state index in [2.05, 4.69) is 18.5 Å². The van der Waals surface area contributed by atoms with E-state index in [1.54, 1.807) is 36.1 Å². The molecule has 2 aromatic carbocycles. The number of allylic oxidation sites excluding steroid dienone is 1. The molecule has 8 atom stereocenters. The number of nitrogens with one attached hydrogen (secondary N) is 1. The second-order valence-corrected chi connectivity index (χ2v) is 13.1. The molecule has 2 aromatic rings. The van der Waals surface area contributed by atoms with Crippen LogP contribution >= 0.6 is 0 Å². The zero-order chi connectivity index (χ0) is 35.1. The molecule has 0 radical (unpaired) electrons. The van der Waals surface area contributed by atoms with Crippen LogP contribution in [0.1, 0.15) is 49.8 Å². The Morgan fingerprint density at radius 2 is 1.82 bits per heavy atom. The number of carbonyl (C=O) groups is 4. The highest BCUT2D eigenvalue weighted by atomic mass is 16.6. The molecule has 3 aliphatic rings. The Balaban J connectivity index is 1.47. The Morgan fingerprint density at radius 1 is 1.12 bits per heavy atom. The average molecular weight is 674 g/mol. The van der Waals surface area contributed by atoms with Gasteiger partial charge >= 0.3 is 5.97 Å². The van der Waals surface area contributed by atoms with Gasteiger partial charge in [-0.25, -0.2) is 0 Å². The first-order valence-corrected chi connectivity index (χ1v) is 16.9. The molecule has 49 heavy (non-hydrogen) atoms. The number of likely N-dealkylation sites (tertiary alicyclic amines) is 1. The number of benzene rings is 2. The molecule has 11 nitrogen and oxygen atoms in total. The third kappa shape index (κ3) is 7.20. The molecule has 11 heteroatoms. The lowest BCUT2D eigenvalue weighted by Crippen LogP contribution is -2.58. The van der Waals surface area contributed by atoms with Crippen LogP contribution in [0, 0.1) is 11.8 Å². The van der Waals surface area contributed by atoms with Gasteiger partial charge in [0, 0.05) is 26.6 Å². The number of aliphatic hydroxyl groups is 1. The topological polar surface area (TPSA) is 135 Å². The van der Waals surface area contributed by atoms with Gasteiger partial charge in [0.05, 0.1) is 43.2 Å². The van der Waals surface area contributed by atoms with Crippen LogP contribution in [-0.4, -0.2) is 95.3 Å². The van der Waals surface area contributed by atoms with E-state index >= 15 is 0 Å². The summed E-state index contributed by atoms with van der Waals surface area (Å²) in [5.41, 5.74) is 0.267. The largest absolute Gasteiger partial charge is 0.455 e. The van der Waals surface area contributed by atoms with Gasteiger partial charge in [0.15, 0.2) is 0 Å². The van der Waals surface area contributed by atoms with E-state index in [1.165, 1.54) is 12.0 Å². The van der Waals surface area contributed by atoms with E-state index < -0.39 is 59.6 Å². The summed E-state index contributed by atoms with van der Waals surface area (Å²) in [6.45, 7) is 9.41. The molecule has 3 saturated heterocycles. The van der Waals surface area contributed by atoms with Gasteiger partial charge in [-0.3, -0.25) is 19.2 Å². The summed E-state index contributed by atoms with van der Waals surface area (Å²) < 4.78 is 18.3. The quantitative estimate of drug-likeness (QED) is 0.193. The Hall–Kier alpha value is -4.32. The van der Waals surface area contributed by atoms with Gasteiger partial charge in [-0.1, -0.05) is 72.8 Å². The van der Waals surface area contributed by atoms with Crippen LogP contribution in [0.3, 0.4) is 0 Å². The first-order chi connectivity index (χ1) is 23.7. The number of amides is 3. The molecule has 0 unspecified atom stereocenters. The number of aliphatic hydroxyl groups excluding tert-OH is 1. The van der Waals surface area contributed by atoms with Gasteiger partial charge in [0.2, 0.25) is 17.7 Å². The molecule has 2 N–H and O–H groups in total. The number of hydrogen-bond acceptors (Lipinski definition) is 8. The maximum atomic E-state index is 14.6. The van der Waals surface area contributed by atoms with Crippen LogP contribution in [0.25, 0.3) is 0 Å². The fourth-order valence-electron chi connectivity index (χ4n) is 7.69. The third-order valence-electron chi connectivity index (χ3n) is 9.87. The average Bonchev–Trinajstić information content (AvgIpc) is 3.76. The molecule has 0 aromatic heterocycles. The number of esters is 1. The van der Waals surface area contributed by atoms with Crippen molar-refractivity contribution in [1.82, 2.24) is 15.1 Å². The molecule has 5 rings (SSSR count). The van der Waals surface area contributed by atoms with Crippen LogP contribution in [0.4, 0.5) is 0 Å². The van der Waals surface area contributed by atoms with E-state index in [0.29, 0.717) is 24.8 Å². The fraction of sp³-hybridized carbons (Fsp3) is 0.474. The molecule has 3 amide bonds. The second kappa shape index (κ2) is 15.9. The van der Waals surface area contributed by atoms with Crippen molar-refractivity contribution in [1.29, 1.82) is 0 Å². The predicted molar refractivity (Wildman–Crippen MR) is 182 cm³/mol. The van der Waals surface area contributed by atoms with Crippen LogP contribution in [0.15, 0.2) is 86.0 Å². The van der Waals surface area contributed by atoms with Crippen molar-refractivity contribution >= 4 is 23.7 Å². The Morgan fingerprint density at radius 3 is 2.45 bits per heavy atom. The molecular formula is C38H47N3O8. The zero-order valence-corrected chi connectivity index (χ0v) is 28.2. The van der Waals surface area contributed by atoms with Crippen molar-refractivity contribution in [3.63, 3.8) is 0 Å². The molecule has 1 spiro atoms. The molecule has 3 fully saturated rings. The van der Waals surface area contributed by atoms with E-state index in [4.69, 9.17) is 14.2 Å². The Labute approximate surface area is 287 Å². The van der Waals surface area contributed by atoms with Crippen molar-refractivity contribution in [2.24, 2.45) is 11.8 Å². The van der Waals surface area contributed by atoms with Gasteiger partial charge < -0.3 is 34.4 Å². The van der Waals surface area contributed by atoms with Crippen molar-refractivity contribution in [3.05, 3.63) is 97.1 Å². The van der Waals surface area contributed by atoms with E-state index in [1.807, 2.05) is 48.5 Å². The summed E-state index contributed by atoms with van der Waals surface area (Å²) in [6.07, 6.45) is 3.23. The van der Waals surface area contributed by atoms with Crippen molar-refractivity contribution in [2.75, 3.05) is 26.9 Å². The molecule has 0 saturated carbocycles. The van der Waals surface area contributed by atoms with E-state index in [0.717, 1.165) is 5.56 Å². The molecule has 3 aliphatic heterocycles. The normalized spacial score (nSPS) is 25.6. The predicted octanol–water partition coefficient (Wildman–Crippen LogP) is 3.34. The van der Waals surface area contributed by atoms with Crippen molar-refractivity contribution < 1.29 is 38.5 Å². The van der Waals surface area contributed by atoms with E-state index in [-0.39, 0.29) is 44.5 Å². The minimum atomic E-state index is -1.28. The number of nitrogens with zero attached hydrogens (tertiary/aromatic N) is 2.